The fourth-order valence-corrected chi connectivity index (χ4v) is 1.63. The summed E-state index contributed by atoms with van der Waals surface area (Å²) in [6.07, 6.45) is 6.01. The van der Waals surface area contributed by atoms with E-state index in [4.69, 9.17) is 5.73 Å². The molecule has 0 amide bonds. The van der Waals surface area contributed by atoms with Crippen molar-refractivity contribution in [1.29, 1.82) is 0 Å². The summed E-state index contributed by atoms with van der Waals surface area (Å²) in [5.41, 5.74) is 7.31. The van der Waals surface area contributed by atoms with Gasteiger partial charge in [0, 0.05) is 23.3 Å². The van der Waals surface area contributed by atoms with Gasteiger partial charge in [0.1, 0.15) is 0 Å². The van der Waals surface area contributed by atoms with Crippen molar-refractivity contribution in [2.45, 2.75) is 31.2 Å². The molecule has 1 heterocycles. The molecule has 1 saturated carbocycles. The number of nitrogens with zero attached hydrogens (tertiary/aromatic N) is 1. The highest BCUT2D eigenvalue weighted by atomic mass is 14.9. The van der Waals surface area contributed by atoms with Gasteiger partial charge in [0.05, 0.1) is 6.33 Å². The smallest absolute Gasteiger partial charge is 0.0921 e. The van der Waals surface area contributed by atoms with Gasteiger partial charge in [0.2, 0.25) is 0 Å². The third-order valence-corrected chi connectivity index (χ3v) is 2.69. The Balaban J connectivity index is 2.29. The van der Waals surface area contributed by atoms with Gasteiger partial charge in [0.25, 0.3) is 0 Å². The van der Waals surface area contributed by atoms with Gasteiger partial charge in [-0.1, -0.05) is 0 Å². The van der Waals surface area contributed by atoms with E-state index >= 15 is 0 Å². The summed E-state index contributed by atoms with van der Waals surface area (Å²) in [6.45, 7) is 2.06. The van der Waals surface area contributed by atoms with Crippen LogP contribution in [0.25, 0.3) is 0 Å². The van der Waals surface area contributed by atoms with Crippen LogP contribution in [-0.2, 0) is 5.41 Å². The second-order valence-electron chi connectivity index (χ2n) is 3.41. The largest absolute Gasteiger partial charge is 0.348 e. The quantitative estimate of drug-likeness (QED) is 0.656. The van der Waals surface area contributed by atoms with Crippen molar-refractivity contribution >= 4 is 0 Å². The number of H-pyrrole nitrogens is 1. The third kappa shape index (κ3) is 0.878. The van der Waals surface area contributed by atoms with E-state index in [-0.39, 0.29) is 11.5 Å². The van der Waals surface area contributed by atoms with E-state index in [1.165, 1.54) is 18.5 Å². The maximum Gasteiger partial charge on any atom is 0.0921 e. The molecule has 1 unspecified atom stereocenters. The fourth-order valence-electron chi connectivity index (χ4n) is 1.63. The first-order valence-electron chi connectivity index (χ1n) is 4.00. The molecule has 1 aliphatic carbocycles. The average Bonchev–Trinajstić information content (AvgIpc) is 2.61. The normalized spacial score (nSPS) is 23.1. The Morgan fingerprint density at radius 2 is 2.45 bits per heavy atom. The molecule has 1 aromatic rings. The average molecular weight is 151 g/mol. The lowest BCUT2D eigenvalue weighted by Crippen LogP contribution is -2.31. The van der Waals surface area contributed by atoms with Gasteiger partial charge in [0.15, 0.2) is 0 Å². The summed E-state index contributed by atoms with van der Waals surface area (Å²) >= 11 is 0. The number of imidazole rings is 1. The molecule has 0 saturated heterocycles. The van der Waals surface area contributed by atoms with Crippen molar-refractivity contribution in [1.82, 2.24) is 9.97 Å². The molecule has 1 fully saturated rings. The number of nitrogens with two attached hydrogens (primary N) is 1. The third-order valence-electron chi connectivity index (χ3n) is 2.69. The Labute approximate surface area is 66.0 Å². The minimum atomic E-state index is 0.233. The fraction of sp³-hybridized carbons (Fsp3) is 0.625. The van der Waals surface area contributed by atoms with Crippen molar-refractivity contribution in [3.05, 3.63) is 18.2 Å². The van der Waals surface area contributed by atoms with Crippen LogP contribution in [0.3, 0.4) is 0 Å². The van der Waals surface area contributed by atoms with Gasteiger partial charge in [-0.05, 0) is 19.8 Å². The van der Waals surface area contributed by atoms with E-state index in [2.05, 4.69) is 16.9 Å². The molecule has 0 radical (unpaired) electrons. The molecule has 1 aliphatic rings. The molecular weight excluding hydrogens is 138 g/mol. The Bertz CT molecular complexity index is 234. The topological polar surface area (TPSA) is 54.7 Å². The monoisotopic (exact) mass is 151 g/mol. The Kier molecular flexibility index (Phi) is 1.29. The predicted octanol–water partition coefficient (Wildman–Crippen LogP) is 0.789. The van der Waals surface area contributed by atoms with Gasteiger partial charge >= 0.3 is 0 Å². The minimum absolute atomic E-state index is 0.233. The number of hydrogen-bond donors (Lipinski definition) is 2. The summed E-state index contributed by atoms with van der Waals surface area (Å²) in [4.78, 5) is 7.13. The summed E-state index contributed by atoms with van der Waals surface area (Å²) in [6, 6.07) is 0.239. The molecule has 1 atom stereocenters. The van der Waals surface area contributed by atoms with Crippen LogP contribution < -0.4 is 5.73 Å². The highest BCUT2D eigenvalue weighted by Crippen LogP contribution is 2.49. The summed E-state index contributed by atoms with van der Waals surface area (Å²) < 4.78 is 0. The lowest BCUT2D eigenvalue weighted by Gasteiger charge is -2.16. The Morgan fingerprint density at radius 1 is 1.73 bits per heavy atom. The maximum atomic E-state index is 5.88. The van der Waals surface area contributed by atoms with Gasteiger partial charge < -0.3 is 10.7 Å². The van der Waals surface area contributed by atoms with Crippen molar-refractivity contribution < 1.29 is 0 Å². The van der Waals surface area contributed by atoms with Crippen LogP contribution >= 0.6 is 0 Å². The predicted molar refractivity (Wildman–Crippen MR) is 43.1 cm³/mol. The lowest BCUT2D eigenvalue weighted by atomic mass is 9.95. The molecule has 11 heavy (non-hydrogen) atoms. The number of aromatic amines is 1. The molecule has 0 bridgehead atoms. The first kappa shape index (κ1) is 6.85. The molecule has 0 spiro atoms. The second-order valence-corrected chi connectivity index (χ2v) is 3.41. The van der Waals surface area contributed by atoms with E-state index in [1.54, 1.807) is 6.33 Å². The Morgan fingerprint density at radius 3 is 2.82 bits per heavy atom. The van der Waals surface area contributed by atoms with Crippen molar-refractivity contribution in [3.8, 4) is 0 Å². The van der Waals surface area contributed by atoms with Crippen LogP contribution in [0.5, 0.6) is 0 Å². The first-order chi connectivity index (χ1) is 5.26. The highest BCUT2D eigenvalue weighted by Gasteiger charge is 2.48. The molecule has 3 heteroatoms. The van der Waals surface area contributed by atoms with Crippen LogP contribution in [0.1, 0.15) is 25.5 Å². The van der Waals surface area contributed by atoms with Crippen LogP contribution in [0.2, 0.25) is 0 Å². The molecule has 0 aliphatic heterocycles. The van der Waals surface area contributed by atoms with Crippen molar-refractivity contribution in [2.75, 3.05) is 0 Å². The zero-order valence-electron chi connectivity index (χ0n) is 6.67. The van der Waals surface area contributed by atoms with Crippen LogP contribution in [0, 0.1) is 0 Å². The lowest BCUT2D eigenvalue weighted by molar-refractivity contribution is 0.544. The zero-order valence-corrected chi connectivity index (χ0v) is 6.67. The molecule has 1 aromatic heterocycles. The number of nitrogens with one attached hydrogen (secondary N) is 1. The van der Waals surface area contributed by atoms with E-state index < -0.39 is 0 Å². The summed E-state index contributed by atoms with van der Waals surface area (Å²) in [5, 5.41) is 0. The Hall–Kier alpha value is -0.830. The van der Waals surface area contributed by atoms with Gasteiger partial charge in [-0.3, -0.25) is 0 Å². The minimum Gasteiger partial charge on any atom is -0.348 e. The molecular formula is C8H13N3. The summed E-state index contributed by atoms with van der Waals surface area (Å²) in [7, 11) is 0. The molecule has 0 aromatic carbocycles. The summed E-state index contributed by atoms with van der Waals surface area (Å²) in [5.74, 6) is 0. The molecule has 60 valence electrons. The zero-order chi connectivity index (χ0) is 7.90. The standard InChI is InChI=1S/C8H13N3/c1-6(9)8(2-3-8)7-4-10-5-11-7/h4-6H,2-3,9H2,1H3,(H,10,11). The van der Waals surface area contributed by atoms with Crippen LogP contribution in [0.4, 0.5) is 0 Å². The first-order valence-corrected chi connectivity index (χ1v) is 4.00. The van der Waals surface area contributed by atoms with E-state index in [9.17, 15) is 0 Å². The number of aromatic nitrogens is 2. The SMILES string of the molecule is CC(N)C1(c2cnc[nH]2)CC1. The van der Waals surface area contributed by atoms with Crippen molar-refractivity contribution in [3.63, 3.8) is 0 Å². The number of hydrogen-bond acceptors (Lipinski definition) is 2. The molecule has 3 N–H and O–H groups in total. The van der Waals surface area contributed by atoms with Gasteiger partial charge in [-0.2, -0.15) is 0 Å². The van der Waals surface area contributed by atoms with Crippen molar-refractivity contribution in [2.24, 2.45) is 5.73 Å². The van der Waals surface area contributed by atoms with Crippen LogP contribution in [0.15, 0.2) is 12.5 Å². The van der Waals surface area contributed by atoms with Gasteiger partial charge in [-0.25, -0.2) is 4.98 Å². The van der Waals surface area contributed by atoms with Gasteiger partial charge in [-0.15, -0.1) is 0 Å². The molecule has 3 nitrogen and oxygen atoms in total. The van der Waals surface area contributed by atoms with E-state index in [0.717, 1.165) is 0 Å². The number of rotatable bonds is 2. The second kappa shape index (κ2) is 2.08. The van der Waals surface area contributed by atoms with E-state index in [0.29, 0.717) is 0 Å². The maximum absolute atomic E-state index is 5.88. The highest BCUT2D eigenvalue weighted by molar-refractivity contribution is 5.25. The molecule has 2 rings (SSSR count). The van der Waals surface area contributed by atoms with Crippen LogP contribution in [-0.4, -0.2) is 16.0 Å². The van der Waals surface area contributed by atoms with E-state index in [1.807, 2.05) is 6.20 Å².